The first-order valence-corrected chi connectivity index (χ1v) is 7.60. The number of aromatic nitrogens is 3. The van der Waals surface area contributed by atoms with Gasteiger partial charge in [-0.15, -0.1) is 4.91 Å². The zero-order valence-electron chi connectivity index (χ0n) is 12.3. The molecule has 1 fully saturated rings. The fourth-order valence-corrected chi connectivity index (χ4v) is 3.45. The highest BCUT2D eigenvalue weighted by Gasteiger charge is 2.23. The molecule has 0 radical (unpaired) electrons. The van der Waals surface area contributed by atoms with Crippen molar-refractivity contribution in [3.8, 4) is 0 Å². The van der Waals surface area contributed by atoms with E-state index >= 15 is 0 Å². The van der Waals surface area contributed by atoms with Gasteiger partial charge in [0.2, 0.25) is 0 Å². The molecule has 4 rings (SSSR count). The Labute approximate surface area is 130 Å². The third kappa shape index (κ3) is 2.08. The number of H-pyrrole nitrogens is 1. The SMILES string of the molecule is O=NC(=O)c1ccc2[nH]c(=O)c3cnc(C4CCCC4)n3c2c1. The van der Waals surface area contributed by atoms with Crippen molar-refractivity contribution < 1.29 is 4.79 Å². The van der Waals surface area contributed by atoms with Gasteiger partial charge in [-0.3, -0.25) is 14.0 Å². The van der Waals surface area contributed by atoms with Crippen molar-refractivity contribution in [2.45, 2.75) is 31.6 Å². The van der Waals surface area contributed by atoms with Gasteiger partial charge in [-0.05, 0) is 31.0 Å². The van der Waals surface area contributed by atoms with Crippen molar-refractivity contribution in [1.82, 2.24) is 14.4 Å². The van der Waals surface area contributed by atoms with Gasteiger partial charge < -0.3 is 4.98 Å². The summed E-state index contributed by atoms with van der Waals surface area (Å²) >= 11 is 0. The molecule has 116 valence electrons. The summed E-state index contributed by atoms with van der Waals surface area (Å²) < 4.78 is 1.81. The van der Waals surface area contributed by atoms with Crippen LogP contribution >= 0.6 is 0 Å². The molecule has 0 bridgehead atoms. The van der Waals surface area contributed by atoms with Gasteiger partial charge in [0.1, 0.15) is 11.3 Å². The molecule has 1 aliphatic carbocycles. The quantitative estimate of drug-likeness (QED) is 0.736. The molecule has 7 nitrogen and oxygen atoms in total. The highest BCUT2D eigenvalue weighted by molar-refractivity contribution is 5.98. The number of amides is 1. The maximum atomic E-state index is 12.2. The lowest BCUT2D eigenvalue weighted by Gasteiger charge is -2.11. The summed E-state index contributed by atoms with van der Waals surface area (Å²) in [6.07, 6.45) is 5.96. The second-order valence-electron chi connectivity index (χ2n) is 5.90. The van der Waals surface area contributed by atoms with E-state index in [-0.39, 0.29) is 11.1 Å². The van der Waals surface area contributed by atoms with Gasteiger partial charge in [-0.25, -0.2) is 4.98 Å². The molecule has 0 spiro atoms. The molecule has 1 aromatic carbocycles. The monoisotopic (exact) mass is 310 g/mol. The van der Waals surface area contributed by atoms with E-state index in [1.54, 1.807) is 18.3 Å². The summed E-state index contributed by atoms with van der Waals surface area (Å²) in [7, 11) is 0. The summed E-state index contributed by atoms with van der Waals surface area (Å²) in [6.45, 7) is 0. The largest absolute Gasteiger partial charge is 0.319 e. The van der Waals surface area contributed by atoms with E-state index in [1.807, 2.05) is 4.40 Å². The minimum absolute atomic E-state index is 0.201. The van der Waals surface area contributed by atoms with Crippen LogP contribution in [0.25, 0.3) is 16.6 Å². The molecular formula is C16H14N4O3. The van der Waals surface area contributed by atoms with Crippen molar-refractivity contribution in [3.05, 3.63) is 51.0 Å². The molecule has 1 aliphatic rings. The van der Waals surface area contributed by atoms with Gasteiger partial charge in [0.25, 0.3) is 5.56 Å². The zero-order valence-corrected chi connectivity index (χ0v) is 12.3. The molecule has 2 heterocycles. The van der Waals surface area contributed by atoms with Crippen LogP contribution in [0.1, 0.15) is 47.8 Å². The third-order valence-electron chi connectivity index (χ3n) is 4.56. The number of carbonyl (C=O) groups is 1. The molecule has 0 saturated heterocycles. The summed E-state index contributed by atoms with van der Waals surface area (Å²) in [5.41, 5.74) is 1.69. The number of hydrogen-bond acceptors (Lipinski definition) is 4. The van der Waals surface area contributed by atoms with Gasteiger partial charge >= 0.3 is 5.91 Å². The van der Waals surface area contributed by atoms with Crippen molar-refractivity contribution >= 4 is 22.5 Å². The molecule has 0 aliphatic heterocycles. The molecule has 0 atom stereocenters. The summed E-state index contributed by atoms with van der Waals surface area (Å²) in [4.78, 5) is 41.6. The Morgan fingerprint density at radius 2 is 2.04 bits per heavy atom. The Hall–Kier alpha value is -2.83. The van der Waals surface area contributed by atoms with Crippen LogP contribution in [0.4, 0.5) is 0 Å². The van der Waals surface area contributed by atoms with E-state index in [2.05, 4.69) is 15.1 Å². The highest BCUT2D eigenvalue weighted by Crippen LogP contribution is 2.34. The predicted octanol–water partition coefficient (Wildman–Crippen LogP) is 2.74. The van der Waals surface area contributed by atoms with E-state index in [9.17, 15) is 14.5 Å². The Bertz CT molecular complexity index is 996. The lowest BCUT2D eigenvalue weighted by Crippen LogP contribution is -2.12. The standard InChI is InChI=1S/C16H14N4O3/c21-15(19-23)10-5-6-11-12(7-10)20-13(16(22)18-11)8-17-14(20)9-3-1-2-4-9/h5-9H,1-4H2,(H,18,22). The summed E-state index contributed by atoms with van der Waals surface area (Å²) in [5, 5.41) is 2.46. The zero-order chi connectivity index (χ0) is 16.0. The number of fused-ring (bicyclic) bond motifs is 3. The topological polar surface area (TPSA) is 96.7 Å². The minimum Gasteiger partial charge on any atom is -0.319 e. The third-order valence-corrected chi connectivity index (χ3v) is 4.56. The van der Waals surface area contributed by atoms with E-state index < -0.39 is 5.91 Å². The van der Waals surface area contributed by atoms with E-state index in [0.717, 1.165) is 31.5 Å². The number of benzene rings is 1. The number of nitrogens with zero attached hydrogens (tertiary/aromatic N) is 3. The molecule has 23 heavy (non-hydrogen) atoms. The van der Waals surface area contributed by atoms with Crippen LogP contribution in [0.15, 0.2) is 34.4 Å². The average molecular weight is 310 g/mol. The lowest BCUT2D eigenvalue weighted by molar-refractivity contribution is 0.100. The lowest BCUT2D eigenvalue weighted by atomic mass is 10.1. The number of rotatable bonds is 2. The van der Waals surface area contributed by atoms with E-state index in [4.69, 9.17) is 0 Å². The predicted molar refractivity (Wildman–Crippen MR) is 84.7 cm³/mol. The smallest absolute Gasteiger partial charge is 0.316 e. The normalized spacial score (nSPS) is 15.5. The molecule has 1 amide bonds. The van der Waals surface area contributed by atoms with Crippen LogP contribution in [0.5, 0.6) is 0 Å². The Balaban J connectivity index is 2.07. The number of hydrogen-bond donors (Lipinski definition) is 1. The van der Waals surface area contributed by atoms with Crippen molar-refractivity contribution in [2.75, 3.05) is 0 Å². The van der Waals surface area contributed by atoms with Crippen LogP contribution in [0.3, 0.4) is 0 Å². The number of aromatic amines is 1. The van der Waals surface area contributed by atoms with Gasteiger partial charge in [0, 0.05) is 16.7 Å². The Kier molecular flexibility index (Phi) is 3.07. The first kappa shape index (κ1) is 13.8. The highest BCUT2D eigenvalue weighted by atomic mass is 16.3. The van der Waals surface area contributed by atoms with Crippen LogP contribution in [-0.2, 0) is 0 Å². The van der Waals surface area contributed by atoms with Crippen LogP contribution in [0.2, 0.25) is 0 Å². The minimum atomic E-state index is -0.825. The number of nitroso groups, excluding NO2 is 1. The van der Waals surface area contributed by atoms with E-state index in [1.165, 1.54) is 6.07 Å². The van der Waals surface area contributed by atoms with E-state index in [0.29, 0.717) is 22.5 Å². The maximum Gasteiger partial charge on any atom is 0.316 e. The molecule has 7 heteroatoms. The van der Waals surface area contributed by atoms with Crippen LogP contribution in [0, 0.1) is 4.91 Å². The molecule has 1 saturated carbocycles. The fourth-order valence-electron chi connectivity index (χ4n) is 3.45. The number of nitrogens with one attached hydrogen (secondary N) is 1. The molecule has 3 aromatic rings. The first-order chi connectivity index (χ1) is 11.2. The summed E-state index contributed by atoms with van der Waals surface area (Å²) in [5.74, 6) is 0.331. The van der Waals surface area contributed by atoms with Crippen LogP contribution < -0.4 is 5.56 Å². The molecule has 0 unspecified atom stereocenters. The summed E-state index contributed by atoms with van der Waals surface area (Å²) in [6, 6.07) is 4.69. The first-order valence-electron chi connectivity index (χ1n) is 7.60. The maximum absolute atomic E-state index is 12.2. The average Bonchev–Trinajstić information content (AvgIpc) is 3.23. The molecular weight excluding hydrogens is 296 g/mol. The van der Waals surface area contributed by atoms with Gasteiger partial charge in [-0.1, -0.05) is 12.8 Å². The second kappa shape index (κ2) is 5.12. The van der Waals surface area contributed by atoms with Gasteiger partial charge in [-0.2, -0.15) is 0 Å². The van der Waals surface area contributed by atoms with Gasteiger partial charge in [0.15, 0.2) is 0 Å². The Morgan fingerprint density at radius 3 is 2.78 bits per heavy atom. The Morgan fingerprint density at radius 1 is 1.26 bits per heavy atom. The van der Waals surface area contributed by atoms with Crippen LogP contribution in [-0.4, -0.2) is 20.3 Å². The number of carbonyl (C=O) groups excluding carboxylic acids is 1. The van der Waals surface area contributed by atoms with Crippen molar-refractivity contribution in [3.63, 3.8) is 0 Å². The fraction of sp³-hybridized carbons (Fsp3) is 0.312. The van der Waals surface area contributed by atoms with Crippen molar-refractivity contribution in [2.24, 2.45) is 5.18 Å². The van der Waals surface area contributed by atoms with Gasteiger partial charge in [0.05, 0.1) is 17.2 Å². The molecule has 1 N–H and O–H groups in total. The van der Waals surface area contributed by atoms with Crippen molar-refractivity contribution in [1.29, 1.82) is 0 Å². The molecule has 2 aromatic heterocycles. The number of imidazole rings is 1. The second-order valence-corrected chi connectivity index (χ2v) is 5.90.